The monoisotopic (exact) mass is 311 g/mol. The Balaban J connectivity index is 2.72. The van der Waals surface area contributed by atoms with Crippen LogP contribution in [0.2, 0.25) is 0 Å². The van der Waals surface area contributed by atoms with Gasteiger partial charge in [-0.25, -0.2) is 4.79 Å². The Hall–Kier alpha value is -2.35. The Morgan fingerprint density at radius 1 is 1.48 bits per heavy atom. The maximum Gasteiger partial charge on any atom is 0.344 e. The fourth-order valence-corrected chi connectivity index (χ4v) is 1.45. The Bertz CT molecular complexity index is 534. The van der Waals surface area contributed by atoms with Crippen molar-refractivity contribution in [2.24, 2.45) is 10.8 Å². The highest BCUT2D eigenvalue weighted by Gasteiger charge is 2.08. The lowest BCUT2D eigenvalue weighted by molar-refractivity contribution is -0.145. The van der Waals surface area contributed by atoms with Crippen molar-refractivity contribution in [2.75, 3.05) is 20.3 Å². The van der Waals surface area contributed by atoms with Crippen LogP contribution in [0, 0.1) is 0 Å². The van der Waals surface area contributed by atoms with Crippen molar-refractivity contribution in [3.63, 3.8) is 0 Å². The number of carbonyl (C=O) groups excluding carboxylic acids is 1. The van der Waals surface area contributed by atoms with Gasteiger partial charge in [0.05, 0.1) is 19.9 Å². The van der Waals surface area contributed by atoms with E-state index in [1.165, 1.54) is 13.3 Å². The third-order valence-electron chi connectivity index (χ3n) is 2.23. The molecular weight excluding hydrogens is 294 g/mol. The van der Waals surface area contributed by atoms with Crippen LogP contribution in [0.25, 0.3) is 0 Å². The van der Waals surface area contributed by atoms with E-state index in [-0.39, 0.29) is 11.7 Å². The van der Waals surface area contributed by atoms with E-state index in [9.17, 15) is 4.79 Å². The number of benzene rings is 1. The molecule has 0 radical (unpaired) electrons. The smallest absolute Gasteiger partial charge is 0.344 e. The number of hydrazone groups is 1. The molecule has 7 nitrogen and oxygen atoms in total. The van der Waals surface area contributed by atoms with Crippen molar-refractivity contribution >= 4 is 29.5 Å². The second-order valence-electron chi connectivity index (χ2n) is 3.74. The maximum absolute atomic E-state index is 11.2. The second-order valence-corrected chi connectivity index (χ2v) is 4.18. The van der Waals surface area contributed by atoms with Gasteiger partial charge in [-0.15, -0.1) is 0 Å². The molecule has 0 aliphatic rings. The molecular formula is C13H17N3O4S. The summed E-state index contributed by atoms with van der Waals surface area (Å²) >= 11 is 4.63. The van der Waals surface area contributed by atoms with E-state index in [0.29, 0.717) is 18.1 Å². The molecule has 114 valence electrons. The fraction of sp³-hybridized carbons (Fsp3) is 0.308. The van der Waals surface area contributed by atoms with Crippen LogP contribution in [-0.4, -0.2) is 37.6 Å². The van der Waals surface area contributed by atoms with Crippen LogP contribution in [-0.2, 0) is 9.53 Å². The molecule has 0 fully saturated rings. The molecule has 3 N–H and O–H groups in total. The topological polar surface area (TPSA) is 95.2 Å². The lowest BCUT2D eigenvalue weighted by atomic mass is 10.2. The van der Waals surface area contributed by atoms with E-state index in [1.807, 2.05) is 0 Å². The zero-order chi connectivity index (χ0) is 15.7. The van der Waals surface area contributed by atoms with Gasteiger partial charge in [0.2, 0.25) is 0 Å². The lowest BCUT2D eigenvalue weighted by Crippen LogP contribution is -2.23. The van der Waals surface area contributed by atoms with Gasteiger partial charge in [0.25, 0.3) is 0 Å². The summed E-state index contributed by atoms with van der Waals surface area (Å²) < 4.78 is 15.3. The summed E-state index contributed by atoms with van der Waals surface area (Å²) in [6, 6.07) is 5.11. The number of hydrogen-bond donors (Lipinski definition) is 2. The van der Waals surface area contributed by atoms with Crippen molar-refractivity contribution in [1.29, 1.82) is 0 Å². The number of ether oxygens (including phenoxy) is 3. The number of nitrogens with one attached hydrogen (secondary N) is 1. The Kier molecular flexibility index (Phi) is 6.96. The predicted octanol–water partition coefficient (Wildman–Crippen LogP) is 0.804. The minimum absolute atomic E-state index is 0.0765. The zero-order valence-corrected chi connectivity index (χ0v) is 12.6. The molecule has 0 aromatic heterocycles. The fourth-order valence-electron chi connectivity index (χ4n) is 1.39. The molecule has 0 atom stereocenters. The van der Waals surface area contributed by atoms with Gasteiger partial charge in [0, 0.05) is 0 Å². The van der Waals surface area contributed by atoms with E-state index in [0.717, 1.165) is 5.56 Å². The van der Waals surface area contributed by atoms with Gasteiger partial charge in [-0.1, -0.05) is 0 Å². The molecule has 1 aromatic rings. The normalized spacial score (nSPS) is 10.2. The molecule has 0 saturated carbocycles. The van der Waals surface area contributed by atoms with E-state index >= 15 is 0 Å². The van der Waals surface area contributed by atoms with Crippen molar-refractivity contribution in [1.82, 2.24) is 5.43 Å². The molecule has 0 amide bonds. The molecule has 1 aromatic carbocycles. The highest BCUT2D eigenvalue weighted by Crippen LogP contribution is 2.27. The summed E-state index contributed by atoms with van der Waals surface area (Å²) in [7, 11) is 1.50. The summed E-state index contributed by atoms with van der Waals surface area (Å²) in [5, 5.41) is 3.91. The SMILES string of the molecule is CCOC(=O)COc1ccc(/C=N/NC(N)=S)cc1OC. The summed E-state index contributed by atoms with van der Waals surface area (Å²) in [6.07, 6.45) is 1.52. The largest absolute Gasteiger partial charge is 0.493 e. The van der Waals surface area contributed by atoms with Gasteiger partial charge in [0.15, 0.2) is 23.2 Å². The highest BCUT2D eigenvalue weighted by molar-refractivity contribution is 7.80. The first-order valence-electron chi connectivity index (χ1n) is 6.11. The molecule has 0 saturated heterocycles. The van der Waals surface area contributed by atoms with Crippen molar-refractivity contribution in [3.05, 3.63) is 23.8 Å². The first-order valence-corrected chi connectivity index (χ1v) is 6.52. The molecule has 1 rings (SSSR count). The van der Waals surface area contributed by atoms with Gasteiger partial charge in [-0.05, 0) is 42.9 Å². The number of rotatable bonds is 7. The molecule has 0 spiro atoms. The third kappa shape index (κ3) is 6.09. The zero-order valence-electron chi connectivity index (χ0n) is 11.8. The predicted molar refractivity (Wildman–Crippen MR) is 82.6 cm³/mol. The summed E-state index contributed by atoms with van der Waals surface area (Å²) in [5.41, 5.74) is 8.44. The van der Waals surface area contributed by atoms with E-state index in [1.54, 1.807) is 25.1 Å². The van der Waals surface area contributed by atoms with Gasteiger partial charge in [0.1, 0.15) is 0 Å². The van der Waals surface area contributed by atoms with Gasteiger partial charge >= 0.3 is 5.97 Å². The minimum atomic E-state index is -0.439. The quantitative estimate of drug-likeness (QED) is 0.333. The number of methoxy groups -OCH3 is 1. The Labute approximate surface area is 128 Å². The average molecular weight is 311 g/mol. The Morgan fingerprint density at radius 3 is 2.86 bits per heavy atom. The van der Waals surface area contributed by atoms with Crippen molar-refractivity contribution < 1.29 is 19.0 Å². The molecule has 0 bridgehead atoms. The molecule has 8 heteroatoms. The van der Waals surface area contributed by atoms with Crippen LogP contribution < -0.4 is 20.6 Å². The molecule has 0 aliphatic heterocycles. The Morgan fingerprint density at radius 2 is 2.24 bits per heavy atom. The van der Waals surface area contributed by atoms with Crippen LogP contribution >= 0.6 is 12.2 Å². The minimum Gasteiger partial charge on any atom is -0.493 e. The third-order valence-corrected chi connectivity index (χ3v) is 2.32. The molecule has 0 aliphatic carbocycles. The molecule has 21 heavy (non-hydrogen) atoms. The summed E-state index contributed by atoms with van der Waals surface area (Å²) in [6.45, 7) is 1.86. The van der Waals surface area contributed by atoms with E-state index < -0.39 is 5.97 Å². The summed E-state index contributed by atoms with van der Waals surface area (Å²) in [5.74, 6) is 0.467. The molecule has 0 heterocycles. The second kappa shape index (κ2) is 8.75. The van der Waals surface area contributed by atoms with Crippen molar-refractivity contribution in [3.8, 4) is 11.5 Å². The van der Waals surface area contributed by atoms with Crippen LogP contribution in [0.3, 0.4) is 0 Å². The van der Waals surface area contributed by atoms with Gasteiger partial charge in [-0.2, -0.15) is 5.10 Å². The summed E-state index contributed by atoms with van der Waals surface area (Å²) in [4.78, 5) is 11.2. The van der Waals surface area contributed by atoms with Gasteiger partial charge < -0.3 is 19.9 Å². The highest BCUT2D eigenvalue weighted by atomic mass is 32.1. The van der Waals surface area contributed by atoms with Crippen LogP contribution in [0.5, 0.6) is 11.5 Å². The lowest BCUT2D eigenvalue weighted by Gasteiger charge is -2.10. The molecule has 0 unspecified atom stereocenters. The van der Waals surface area contributed by atoms with Crippen LogP contribution in [0.4, 0.5) is 0 Å². The number of hydrogen-bond acceptors (Lipinski definition) is 6. The van der Waals surface area contributed by atoms with E-state index in [2.05, 4.69) is 22.7 Å². The average Bonchev–Trinajstić information content (AvgIpc) is 2.45. The van der Waals surface area contributed by atoms with Crippen LogP contribution in [0.1, 0.15) is 12.5 Å². The number of carbonyl (C=O) groups is 1. The standard InChI is InChI=1S/C13H17N3O4S/c1-3-19-12(17)8-20-10-5-4-9(6-11(10)18-2)7-15-16-13(14)21/h4-7H,3,8H2,1-2H3,(H3,14,16,21)/b15-7+. The first-order chi connectivity index (χ1) is 10.1. The number of nitrogens with two attached hydrogens (primary N) is 1. The van der Waals surface area contributed by atoms with Gasteiger partial charge in [-0.3, -0.25) is 5.43 Å². The maximum atomic E-state index is 11.2. The van der Waals surface area contributed by atoms with Crippen LogP contribution in [0.15, 0.2) is 23.3 Å². The number of thiocarbonyl (C=S) groups is 1. The number of nitrogens with zero attached hydrogens (tertiary/aromatic N) is 1. The van der Waals surface area contributed by atoms with E-state index in [4.69, 9.17) is 19.9 Å². The number of esters is 1. The van der Waals surface area contributed by atoms with Crippen molar-refractivity contribution in [2.45, 2.75) is 6.92 Å². The first kappa shape index (κ1) is 16.7.